The number of aromatic nitrogens is 2. The summed E-state index contributed by atoms with van der Waals surface area (Å²) < 4.78 is 28.3. The topological polar surface area (TPSA) is 96.7 Å². The molecule has 4 rings (SSSR count). The van der Waals surface area contributed by atoms with E-state index in [0.29, 0.717) is 18.5 Å². The highest BCUT2D eigenvalue weighted by Gasteiger charge is 2.36. The largest absolute Gasteiger partial charge is 0.308 e. The maximum absolute atomic E-state index is 12.6. The van der Waals surface area contributed by atoms with Crippen LogP contribution in [-0.2, 0) is 21.9 Å². The van der Waals surface area contributed by atoms with Gasteiger partial charge in [-0.3, -0.25) is 19.2 Å². The minimum absolute atomic E-state index is 0.154. The molecule has 0 aliphatic carbocycles. The Labute approximate surface area is 138 Å². The molecule has 2 aromatic rings. The van der Waals surface area contributed by atoms with E-state index < -0.39 is 16.1 Å². The maximum atomic E-state index is 12.6. The van der Waals surface area contributed by atoms with Gasteiger partial charge in [0.15, 0.2) is 0 Å². The zero-order valence-corrected chi connectivity index (χ0v) is 13.7. The third-order valence-electron chi connectivity index (χ3n) is 4.13. The molecule has 124 valence electrons. The number of aryl methyl sites for hydroxylation is 1. The lowest BCUT2D eigenvalue weighted by Gasteiger charge is -2.13. The van der Waals surface area contributed by atoms with Crippen molar-refractivity contribution < 1.29 is 13.2 Å². The lowest BCUT2D eigenvalue weighted by Crippen LogP contribution is -2.30. The highest BCUT2D eigenvalue weighted by atomic mass is 32.2. The van der Waals surface area contributed by atoms with E-state index in [1.165, 1.54) is 6.07 Å². The lowest BCUT2D eigenvalue weighted by molar-refractivity contribution is -0.118. The number of carbonyl (C=O) groups excluding carboxylic acids is 1. The molecule has 24 heavy (non-hydrogen) atoms. The van der Waals surface area contributed by atoms with E-state index >= 15 is 0 Å². The summed E-state index contributed by atoms with van der Waals surface area (Å²) in [5, 5.41) is 4.07. The van der Waals surface area contributed by atoms with Crippen LogP contribution < -0.4 is 9.62 Å². The monoisotopic (exact) mass is 345 g/mol. The molecule has 2 aliphatic rings. The van der Waals surface area contributed by atoms with Gasteiger partial charge in [0.25, 0.3) is 15.9 Å². The Morgan fingerprint density at radius 3 is 2.88 bits per heavy atom. The number of nitrogens with one attached hydrogen (secondary N) is 1. The lowest BCUT2D eigenvalue weighted by atomic mass is 10.2. The third-order valence-corrected chi connectivity index (χ3v) is 5.52. The van der Waals surface area contributed by atoms with Gasteiger partial charge < -0.3 is 4.90 Å². The van der Waals surface area contributed by atoms with Crippen LogP contribution in [0.3, 0.4) is 0 Å². The van der Waals surface area contributed by atoms with E-state index in [1.54, 1.807) is 47.2 Å². The summed E-state index contributed by atoms with van der Waals surface area (Å²) in [5.74, 6) is 0.0797. The summed E-state index contributed by atoms with van der Waals surface area (Å²) in [6.07, 6.45) is 3.92. The van der Waals surface area contributed by atoms with Crippen molar-refractivity contribution in [2.75, 3.05) is 11.4 Å². The maximum Gasteiger partial charge on any atom is 0.263 e. The quantitative estimate of drug-likeness (QED) is 0.844. The summed E-state index contributed by atoms with van der Waals surface area (Å²) in [5.41, 5.74) is 1.22. The molecule has 8 nitrogen and oxygen atoms in total. The van der Waals surface area contributed by atoms with Gasteiger partial charge >= 0.3 is 0 Å². The van der Waals surface area contributed by atoms with Crippen LogP contribution in [0.1, 0.15) is 12.0 Å². The molecule has 0 bridgehead atoms. The summed E-state index contributed by atoms with van der Waals surface area (Å²) in [4.78, 5) is 18.8. The number of carbonyl (C=O) groups is 1. The Balaban J connectivity index is 1.65. The van der Waals surface area contributed by atoms with Gasteiger partial charge in [-0.25, -0.2) is 8.42 Å². The average Bonchev–Trinajstić information content (AvgIpc) is 3.19. The van der Waals surface area contributed by atoms with Crippen LogP contribution in [-0.4, -0.2) is 42.5 Å². The summed E-state index contributed by atoms with van der Waals surface area (Å²) >= 11 is 0. The van der Waals surface area contributed by atoms with E-state index in [2.05, 4.69) is 14.8 Å². The fraction of sp³-hybridized carbons (Fsp3) is 0.267. The van der Waals surface area contributed by atoms with Gasteiger partial charge in [-0.05, 0) is 18.6 Å². The molecule has 0 spiro atoms. The van der Waals surface area contributed by atoms with Gasteiger partial charge in [-0.1, -0.05) is 12.1 Å². The molecule has 9 heteroatoms. The normalized spacial score (nSPS) is 23.5. The van der Waals surface area contributed by atoms with E-state index in [9.17, 15) is 13.2 Å². The molecule has 1 atom stereocenters. The number of fused-ring (bicyclic) bond motifs is 1. The van der Waals surface area contributed by atoms with Crippen LogP contribution in [0.15, 0.2) is 46.5 Å². The van der Waals surface area contributed by atoms with Crippen molar-refractivity contribution in [3.05, 3.63) is 42.2 Å². The van der Waals surface area contributed by atoms with Gasteiger partial charge in [0.2, 0.25) is 0 Å². The minimum atomic E-state index is -3.60. The first-order valence-electron chi connectivity index (χ1n) is 7.46. The zero-order chi connectivity index (χ0) is 16.9. The van der Waals surface area contributed by atoms with E-state index in [4.69, 9.17) is 0 Å². The minimum Gasteiger partial charge on any atom is -0.308 e. The second-order valence-corrected chi connectivity index (χ2v) is 7.40. The van der Waals surface area contributed by atoms with Crippen LogP contribution in [0, 0.1) is 0 Å². The van der Waals surface area contributed by atoms with Crippen LogP contribution in [0.2, 0.25) is 0 Å². The number of hydrogen-bond donors (Lipinski definition) is 1. The molecule has 1 aromatic heterocycles. The average molecular weight is 345 g/mol. The van der Waals surface area contributed by atoms with Gasteiger partial charge in [0, 0.05) is 25.4 Å². The first-order valence-corrected chi connectivity index (χ1v) is 8.94. The molecule has 1 fully saturated rings. The third kappa shape index (κ3) is 2.28. The van der Waals surface area contributed by atoms with Crippen LogP contribution >= 0.6 is 0 Å². The molecular weight excluding hydrogens is 330 g/mol. The smallest absolute Gasteiger partial charge is 0.263 e. The summed E-state index contributed by atoms with van der Waals surface area (Å²) in [7, 11) is -1.81. The van der Waals surface area contributed by atoms with E-state index in [1.807, 2.05) is 0 Å². The number of aliphatic imine (C=N–C) groups is 1. The Morgan fingerprint density at radius 2 is 2.12 bits per heavy atom. The fourth-order valence-corrected chi connectivity index (χ4v) is 4.21. The standard InChI is InChI=1S/C15H15N5O3S/c1-19-9-10(8-16-19)20-7-6-12(15(20)21)17-14-11-4-2-3-5-13(11)24(22,23)18-14/h2-5,8-9,12H,6-7H2,1H3,(H,17,18). The Hall–Kier alpha value is -2.68. The number of anilines is 1. The molecule has 1 saturated heterocycles. The van der Waals surface area contributed by atoms with E-state index in [-0.39, 0.29) is 16.6 Å². The number of hydrogen-bond acceptors (Lipinski definition) is 5. The van der Waals surface area contributed by atoms with Gasteiger partial charge in [-0.2, -0.15) is 5.10 Å². The second-order valence-electron chi connectivity index (χ2n) is 5.75. The van der Waals surface area contributed by atoms with Crippen molar-refractivity contribution in [2.24, 2.45) is 12.0 Å². The first kappa shape index (κ1) is 14.9. The molecule has 0 radical (unpaired) electrons. The molecule has 1 aromatic carbocycles. The number of sulfonamides is 1. The SMILES string of the molecule is Cn1cc(N2CCC(N=C3NS(=O)(=O)c4ccccc43)C2=O)cn1. The molecule has 1 unspecified atom stereocenters. The number of nitrogens with zero attached hydrogens (tertiary/aromatic N) is 4. The van der Waals surface area contributed by atoms with Crippen molar-refractivity contribution in [2.45, 2.75) is 17.4 Å². The van der Waals surface area contributed by atoms with Crippen LogP contribution in [0.5, 0.6) is 0 Å². The molecule has 1 N–H and O–H groups in total. The Kier molecular flexibility index (Phi) is 3.20. The Morgan fingerprint density at radius 1 is 1.33 bits per heavy atom. The number of rotatable bonds is 2. The first-order chi connectivity index (χ1) is 11.5. The van der Waals surface area contributed by atoms with Crippen molar-refractivity contribution in [1.29, 1.82) is 0 Å². The van der Waals surface area contributed by atoms with Gasteiger partial charge in [-0.15, -0.1) is 0 Å². The van der Waals surface area contributed by atoms with Gasteiger partial charge in [0.05, 0.1) is 16.8 Å². The number of amidine groups is 1. The predicted octanol–water partition coefficient (Wildman–Crippen LogP) is 0.264. The van der Waals surface area contributed by atoms with Crippen LogP contribution in [0.4, 0.5) is 5.69 Å². The molecule has 0 saturated carbocycles. The number of amides is 1. The van der Waals surface area contributed by atoms with Gasteiger partial charge in [0.1, 0.15) is 11.9 Å². The molecular formula is C15H15N5O3S. The second kappa shape index (κ2) is 5.17. The molecule has 3 heterocycles. The highest BCUT2D eigenvalue weighted by molar-refractivity contribution is 7.90. The van der Waals surface area contributed by atoms with Crippen molar-refractivity contribution >= 4 is 27.5 Å². The highest BCUT2D eigenvalue weighted by Crippen LogP contribution is 2.26. The molecule has 1 amide bonds. The zero-order valence-electron chi connectivity index (χ0n) is 12.9. The van der Waals surface area contributed by atoms with Crippen molar-refractivity contribution in [3.8, 4) is 0 Å². The van der Waals surface area contributed by atoms with Crippen LogP contribution in [0.25, 0.3) is 0 Å². The number of benzene rings is 1. The summed E-state index contributed by atoms with van der Waals surface area (Å²) in [6, 6.07) is 6.01. The van der Waals surface area contributed by atoms with Crippen molar-refractivity contribution in [3.63, 3.8) is 0 Å². The fourth-order valence-electron chi connectivity index (χ4n) is 2.97. The molecule has 2 aliphatic heterocycles. The predicted molar refractivity (Wildman–Crippen MR) is 87.3 cm³/mol. The van der Waals surface area contributed by atoms with E-state index in [0.717, 1.165) is 5.69 Å². The van der Waals surface area contributed by atoms with Crippen molar-refractivity contribution in [1.82, 2.24) is 14.5 Å². The summed E-state index contributed by atoms with van der Waals surface area (Å²) in [6.45, 7) is 0.528. The Bertz CT molecular complexity index is 963.